The topological polar surface area (TPSA) is 79.9 Å². The molecule has 0 radical (unpaired) electrons. The maximum absolute atomic E-state index is 12.5. The molecule has 0 spiro atoms. The van der Waals surface area contributed by atoms with Crippen molar-refractivity contribution in [3.05, 3.63) is 48.0 Å². The molecule has 0 bridgehead atoms. The Kier molecular flexibility index (Phi) is 5.16. The summed E-state index contributed by atoms with van der Waals surface area (Å²) in [5, 5.41) is 5.57. The minimum absolute atomic E-state index is 0.0448. The number of likely N-dealkylation sites (tertiary alicyclic amines) is 1. The van der Waals surface area contributed by atoms with Crippen molar-refractivity contribution in [3.63, 3.8) is 0 Å². The van der Waals surface area contributed by atoms with E-state index in [1.165, 1.54) is 0 Å². The Morgan fingerprint density at radius 3 is 2.68 bits per heavy atom. The zero-order valence-electron chi connectivity index (χ0n) is 15.7. The Labute approximate surface area is 163 Å². The molecule has 7 heteroatoms. The van der Waals surface area contributed by atoms with E-state index in [1.807, 2.05) is 24.3 Å². The first-order valence-corrected chi connectivity index (χ1v) is 9.40. The molecule has 1 saturated heterocycles. The monoisotopic (exact) mass is 381 g/mol. The molecule has 0 unspecified atom stereocenters. The molecule has 2 aliphatic rings. The molecule has 7 nitrogen and oxygen atoms in total. The summed E-state index contributed by atoms with van der Waals surface area (Å²) in [6.07, 6.45) is 2.29. The van der Waals surface area contributed by atoms with Crippen molar-refractivity contribution < 1.29 is 19.1 Å². The molecular formula is C21H23N3O4. The van der Waals surface area contributed by atoms with Crippen LogP contribution >= 0.6 is 0 Å². The second-order valence-electron chi connectivity index (χ2n) is 7.15. The number of benzene rings is 2. The van der Waals surface area contributed by atoms with Crippen LogP contribution in [0.25, 0.3) is 0 Å². The Morgan fingerprint density at radius 2 is 1.93 bits per heavy atom. The van der Waals surface area contributed by atoms with Gasteiger partial charge < -0.3 is 25.0 Å². The van der Waals surface area contributed by atoms with Crippen molar-refractivity contribution in [2.75, 3.05) is 37.4 Å². The Balaban J connectivity index is 1.36. The van der Waals surface area contributed by atoms with Crippen LogP contribution in [0, 0.1) is 0 Å². The average molecular weight is 381 g/mol. The van der Waals surface area contributed by atoms with Crippen molar-refractivity contribution in [2.45, 2.75) is 18.9 Å². The summed E-state index contributed by atoms with van der Waals surface area (Å²) in [7, 11) is 2.12. The molecule has 0 atom stereocenters. The molecule has 0 aliphatic carbocycles. The lowest BCUT2D eigenvalue weighted by atomic mass is 10.1. The number of amides is 2. The molecule has 0 aromatic heterocycles. The summed E-state index contributed by atoms with van der Waals surface area (Å²) < 4.78 is 11.4. The van der Waals surface area contributed by atoms with Gasteiger partial charge in [0.2, 0.25) is 0 Å². The quantitative estimate of drug-likeness (QED) is 0.851. The first-order chi connectivity index (χ1) is 13.6. The van der Waals surface area contributed by atoms with E-state index in [0.29, 0.717) is 22.7 Å². The van der Waals surface area contributed by atoms with Crippen molar-refractivity contribution in [1.82, 2.24) is 4.90 Å². The van der Waals surface area contributed by atoms with Crippen LogP contribution < -0.4 is 20.1 Å². The maximum atomic E-state index is 12.5. The number of rotatable bonds is 4. The first-order valence-electron chi connectivity index (χ1n) is 9.40. The van der Waals surface area contributed by atoms with Crippen LogP contribution in [0.3, 0.4) is 0 Å². The van der Waals surface area contributed by atoms with Gasteiger partial charge in [-0.05, 0) is 62.4 Å². The molecule has 2 aromatic rings. The largest absolute Gasteiger partial charge is 0.490 e. The molecule has 2 N–H and O–H groups in total. The van der Waals surface area contributed by atoms with Crippen LogP contribution in [0.15, 0.2) is 42.5 Å². The highest BCUT2D eigenvalue weighted by molar-refractivity contribution is 6.05. The number of nitrogens with one attached hydrogen (secondary N) is 2. The Hall–Kier alpha value is -3.06. The summed E-state index contributed by atoms with van der Waals surface area (Å²) in [5.74, 6) is 0.860. The highest BCUT2D eigenvalue weighted by Crippen LogP contribution is 2.29. The second kappa shape index (κ2) is 7.90. The number of carbonyl (C=O) groups is 2. The highest BCUT2D eigenvalue weighted by Gasteiger charge is 2.19. The van der Waals surface area contributed by atoms with E-state index >= 15 is 0 Å². The van der Waals surface area contributed by atoms with E-state index in [0.717, 1.165) is 31.7 Å². The summed E-state index contributed by atoms with van der Waals surface area (Å²) in [4.78, 5) is 26.1. The summed E-state index contributed by atoms with van der Waals surface area (Å²) >= 11 is 0. The fourth-order valence-electron chi connectivity index (χ4n) is 3.33. The van der Waals surface area contributed by atoms with E-state index in [-0.39, 0.29) is 24.5 Å². The van der Waals surface area contributed by atoms with Gasteiger partial charge in [-0.2, -0.15) is 0 Å². The summed E-state index contributed by atoms with van der Waals surface area (Å²) in [6, 6.07) is 12.4. The fraction of sp³-hybridized carbons (Fsp3) is 0.333. The lowest BCUT2D eigenvalue weighted by molar-refractivity contribution is -0.118. The van der Waals surface area contributed by atoms with Gasteiger partial charge in [-0.1, -0.05) is 0 Å². The van der Waals surface area contributed by atoms with E-state index in [4.69, 9.17) is 9.47 Å². The standard InChI is InChI=1S/C21H23N3O4/c1-24-10-8-17(9-11-24)28-16-5-3-15(4-6-16)22-21(26)14-2-7-18-19(12-14)27-13-20(25)23-18/h2-7,12,17H,8-11,13H2,1H3,(H,22,26)(H,23,25). The zero-order chi connectivity index (χ0) is 19.5. The third-order valence-electron chi connectivity index (χ3n) is 4.96. The molecule has 28 heavy (non-hydrogen) atoms. The molecule has 2 aliphatic heterocycles. The number of carbonyl (C=O) groups excluding carboxylic acids is 2. The van der Waals surface area contributed by atoms with Crippen LogP contribution in [0.2, 0.25) is 0 Å². The van der Waals surface area contributed by atoms with Crippen LogP contribution in [0.1, 0.15) is 23.2 Å². The lowest BCUT2D eigenvalue weighted by Gasteiger charge is -2.29. The molecular weight excluding hydrogens is 358 g/mol. The van der Waals surface area contributed by atoms with Gasteiger partial charge in [-0.3, -0.25) is 9.59 Å². The fourth-order valence-corrected chi connectivity index (χ4v) is 3.33. The van der Waals surface area contributed by atoms with Crippen LogP contribution in [0.5, 0.6) is 11.5 Å². The van der Waals surface area contributed by atoms with Gasteiger partial charge in [0.1, 0.15) is 17.6 Å². The van der Waals surface area contributed by atoms with E-state index in [9.17, 15) is 9.59 Å². The van der Waals surface area contributed by atoms with Gasteiger partial charge in [-0.15, -0.1) is 0 Å². The third kappa shape index (κ3) is 4.26. The van der Waals surface area contributed by atoms with Gasteiger partial charge in [0, 0.05) is 24.3 Å². The van der Waals surface area contributed by atoms with Crippen LogP contribution in [-0.4, -0.2) is 49.6 Å². The Morgan fingerprint density at radius 1 is 1.18 bits per heavy atom. The molecule has 146 valence electrons. The van der Waals surface area contributed by atoms with Crippen molar-refractivity contribution in [3.8, 4) is 11.5 Å². The number of hydrogen-bond donors (Lipinski definition) is 2. The third-order valence-corrected chi connectivity index (χ3v) is 4.96. The average Bonchev–Trinajstić information content (AvgIpc) is 2.70. The molecule has 2 heterocycles. The molecule has 2 amide bonds. The minimum atomic E-state index is -0.243. The normalized spacial score (nSPS) is 17.2. The number of hydrogen-bond acceptors (Lipinski definition) is 5. The molecule has 2 aromatic carbocycles. The SMILES string of the molecule is CN1CCC(Oc2ccc(NC(=O)c3ccc4c(c3)OCC(=O)N4)cc2)CC1. The van der Waals surface area contributed by atoms with Crippen LogP contribution in [-0.2, 0) is 4.79 Å². The van der Waals surface area contributed by atoms with Gasteiger partial charge in [-0.25, -0.2) is 0 Å². The highest BCUT2D eigenvalue weighted by atomic mass is 16.5. The number of nitrogens with zero attached hydrogens (tertiary/aromatic N) is 1. The lowest BCUT2D eigenvalue weighted by Crippen LogP contribution is -2.35. The summed E-state index contributed by atoms with van der Waals surface area (Å²) in [5.41, 5.74) is 1.72. The van der Waals surface area contributed by atoms with Crippen molar-refractivity contribution in [1.29, 1.82) is 0 Å². The summed E-state index contributed by atoms with van der Waals surface area (Å²) in [6.45, 7) is 2.05. The predicted octanol–water partition coefficient (Wildman–Crippen LogP) is 2.74. The number of piperidine rings is 1. The minimum Gasteiger partial charge on any atom is -0.490 e. The number of fused-ring (bicyclic) bond motifs is 1. The van der Waals surface area contributed by atoms with Gasteiger partial charge in [0.15, 0.2) is 6.61 Å². The Bertz CT molecular complexity index is 874. The van der Waals surface area contributed by atoms with Gasteiger partial charge in [0.25, 0.3) is 11.8 Å². The van der Waals surface area contributed by atoms with E-state index in [2.05, 4.69) is 22.6 Å². The van der Waals surface area contributed by atoms with E-state index < -0.39 is 0 Å². The van der Waals surface area contributed by atoms with Crippen molar-refractivity contribution >= 4 is 23.2 Å². The first kappa shape index (κ1) is 18.3. The van der Waals surface area contributed by atoms with Crippen molar-refractivity contribution in [2.24, 2.45) is 0 Å². The van der Waals surface area contributed by atoms with Gasteiger partial charge >= 0.3 is 0 Å². The van der Waals surface area contributed by atoms with Gasteiger partial charge in [0.05, 0.1) is 5.69 Å². The molecule has 0 saturated carbocycles. The van der Waals surface area contributed by atoms with Crippen LogP contribution in [0.4, 0.5) is 11.4 Å². The number of ether oxygens (including phenoxy) is 2. The molecule has 1 fully saturated rings. The molecule has 4 rings (SSSR count). The second-order valence-corrected chi connectivity index (χ2v) is 7.15. The zero-order valence-corrected chi connectivity index (χ0v) is 15.7. The smallest absolute Gasteiger partial charge is 0.262 e. The maximum Gasteiger partial charge on any atom is 0.262 e. The number of anilines is 2. The van der Waals surface area contributed by atoms with E-state index in [1.54, 1.807) is 18.2 Å². The predicted molar refractivity (Wildman–Crippen MR) is 106 cm³/mol.